The summed E-state index contributed by atoms with van der Waals surface area (Å²) in [6, 6.07) is 9.20. The number of nitro groups is 1. The molecule has 0 bridgehead atoms. The molecule has 0 fully saturated rings. The number of alkyl halides is 7. The van der Waals surface area contributed by atoms with Crippen LogP contribution in [0.1, 0.15) is 12.0 Å². The molecule has 8 nitrogen and oxygen atoms in total. The Labute approximate surface area is 205 Å². The van der Waals surface area contributed by atoms with E-state index in [2.05, 4.69) is 21.0 Å². The third-order valence-electron chi connectivity index (χ3n) is 5.06. The average molecular weight is 588 g/mol. The zero-order valence-electron chi connectivity index (χ0n) is 17.5. The van der Waals surface area contributed by atoms with Crippen LogP contribution in [-0.4, -0.2) is 57.0 Å². The van der Waals surface area contributed by atoms with Gasteiger partial charge in [0, 0.05) is 23.0 Å². The molecule has 0 saturated heterocycles. The summed E-state index contributed by atoms with van der Waals surface area (Å²) in [5.41, 5.74) is -5.41. The van der Waals surface area contributed by atoms with Gasteiger partial charge in [-0.25, -0.2) is 0 Å². The minimum absolute atomic E-state index is 0.0469. The first-order valence-electron chi connectivity index (χ1n) is 9.60. The first-order chi connectivity index (χ1) is 16.5. The van der Waals surface area contributed by atoms with Crippen LogP contribution in [0.25, 0.3) is 0 Å². The van der Waals surface area contributed by atoms with Crippen LogP contribution < -0.4 is 4.74 Å². The number of hydrogen-bond donors (Lipinski definition) is 1. The molecule has 1 amide bonds. The summed E-state index contributed by atoms with van der Waals surface area (Å²) < 4.78 is 101. The average Bonchev–Trinajstić information content (AvgIpc) is 3.16. The molecule has 1 heterocycles. The molecule has 16 heteroatoms. The highest BCUT2D eigenvalue weighted by atomic mass is 79.9. The lowest BCUT2D eigenvalue weighted by atomic mass is 9.91. The third-order valence-corrected chi connectivity index (χ3v) is 5.59. The summed E-state index contributed by atoms with van der Waals surface area (Å²) in [7, 11) is 0. The lowest BCUT2D eigenvalue weighted by molar-refractivity contribution is -0.401. The van der Waals surface area contributed by atoms with Gasteiger partial charge in [-0.1, -0.05) is 28.1 Å². The number of ether oxygens (including phenoxy) is 1. The number of hydrazone groups is 1. The summed E-state index contributed by atoms with van der Waals surface area (Å²) in [5.74, 6) is -14.9. The summed E-state index contributed by atoms with van der Waals surface area (Å²) in [4.78, 5) is 22.6. The van der Waals surface area contributed by atoms with Gasteiger partial charge >= 0.3 is 18.0 Å². The molecule has 0 spiro atoms. The second-order valence-electron chi connectivity index (χ2n) is 7.44. The maximum atomic E-state index is 14.7. The summed E-state index contributed by atoms with van der Waals surface area (Å²) in [5, 5.41) is 24.1. The van der Waals surface area contributed by atoms with Crippen molar-refractivity contribution in [1.29, 1.82) is 0 Å². The quantitative estimate of drug-likeness (QED) is 0.282. The van der Waals surface area contributed by atoms with E-state index >= 15 is 0 Å². The molecule has 0 saturated carbocycles. The normalized spacial score (nSPS) is 18.7. The van der Waals surface area contributed by atoms with Crippen molar-refractivity contribution < 1.29 is 50.3 Å². The Hall–Kier alpha value is -3.27. The van der Waals surface area contributed by atoms with E-state index in [1.807, 2.05) is 0 Å². The molecule has 36 heavy (non-hydrogen) atoms. The van der Waals surface area contributed by atoms with Gasteiger partial charge in [0.2, 0.25) is 5.72 Å². The van der Waals surface area contributed by atoms with Crippen LogP contribution >= 0.6 is 15.9 Å². The van der Waals surface area contributed by atoms with Crippen molar-refractivity contribution in [3.05, 3.63) is 68.7 Å². The van der Waals surface area contributed by atoms with Gasteiger partial charge in [-0.3, -0.25) is 14.9 Å². The van der Waals surface area contributed by atoms with Crippen LogP contribution in [-0.2, 0) is 4.79 Å². The van der Waals surface area contributed by atoms with Crippen molar-refractivity contribution >= 4 is 33.2 Å². The number of aliphatic hydroxyl groups is 1. The van der Waals surface area contributed by atoms with Gasteiger partial charge in [0.15, 0.2) is 6.61 Å². The number of hydrogen-bond acceptors (Lipinski definition) is 6. The van der Waals surface area contributed by atoms with E-state index < -0.39 is 58.3 Å². The number of non-ortho nitro benzene ring substituents is 1. The highest BCUT2D eigenvalue weighted by Gasteiger charge is 2.82. The number of benzene rings is 2. The highest BCUT2D eigenvalue weighted by molar-refractivity contribution is 9.10. The SMILES string of the molecule is O=C(COc1ccc([N+](=O)[O-])cc1)N1N=C(c2ccc(Br)cc2)C[C@]1(O)C(F)(F)C(F)(F)C(F)(F)F. The van der Waals surface area contributed by atoms with Crippen molar-refractivity contribution in [2.75, 3.05) is 6.61 Å². The number of nitro benzene ring substituents is 1. The molecule has 2 aromatic rings. The van der Waals surface area contributed by atoms with Crippen LogP contribution in [0.2, 0.25) is 0 Å². The molecule has 1 aliphatic rings. The molecular weight excluding hydrogens is 575 g/mol. The molecule has 0 unspecified atom stereocenters. The van der Waals surface area contributed by atoms with Crippen molar-refractivity contribution in [1.82, 2.24) is 5.01 Å². The largest absolute Gasteiger partial charge is 0.484 e. The van der Waals surface area contributed by atoms with Crippen LogP contribution in [0.3, 0.4) is 0 Å². The van der Waals surface area contributed by atoms with Gasteiger partial charge in [-0.05, 0) is 29.8 Å². The van der Waals surface area contributed by atoms with Crippen LogP contribution in [0.5, 0.6) is 5.75 Å². The molecular formula is C20H13BrF7N3O5. The fourth-order valence-corrected chi connectivity index (χ4v) is 3.42. The second-order valence-corrected chi connectivity index (χ2v) is 8.35. The molecule has 2 aromatic carbocycles. The zero-order valence-corrected chi connectivity index (χ0v) is 19.1. The number of nitrogens with zero attached hydrogens (tertiary/aromatic N) is 3. The minimum Gasteiger partial charge on any atom is -0.484 e. The van der Waals surface area contributed by atoms with E-state index in [-0.39, 0.29) is 17.0 Å². The van der Waals surface area contributed by atoms with E-state index in [9.17, 15) is 50.7 Å². The van der Waals surface area contributed by atoms with E-state index in [0.717, 1.165) is 24.3 Å². The molecule has 3 rings (SSSR count). The van der Waals surface area contributed by atoms with Gasteiger partial charge < -0.3 is 9.84 Å². The Bertz CT molecular complexity index is 1190. The van der Waals surface area contributed by atoms with Crippen LogP contribution in [0.15, 0.2) is 58.1 Å². The molecule has 194 valence electrons. The summed E-state index contributed by atoms with van der Waals surface area (Å²) in [6.45, 7) is -1.25. The highest BCUT2D eigenvalue weighted by Crippen LogP contribution is 2.54. The van der Waals surface area contributed by atoms with Gasteiger partial charge in [-0.2, -0.15) is 40.8 Å². The van der Waals surface area contributed by atoms with E-state index in [1.165, 1.54) is 24.3 Å². The van der Waals surface area contributed by atoms with Gasteiger partial charge in [0.1, 0.15) is 5.75 Å². The lowest BCUT2D eigenvalue weighted by Crippen LogP contribution is -2.69. The number of carbonyl (C=O) groups excluding carboxylic acids is 1. The molecule has 0 aliphatic carbocycles. The maximum Gasteiger partial charge on any atom is 0.460 e. The van der Waals surface area contributed by atoms with Gasteiger partial charge in [0.25, 0.3) is 11.6 Å². The molecule has 0 radical (unpaired) electrons. The van der Waals surface area contributed by atoms with Crippen molar-refractivity contribution in [2.24, 2.45) is 5.10 Å². The summed E-state index contributed by atoms with van der Waals surface area (Å²) in [6.07, 6.45) is -8.35. The Kier molecular flexibility index (Phi) is 7.07. The van der Waals surface area contributed by atoms with Crippen LogP contribution in [0.4, 0.5) is 36.4 Å². The standard InChI is InChI=1S/C20H13BrF7N3O5/c21-12-3-1-11(2-4-12)15-9-17(33,18(22,23)19(24,25)20(26,27)28)30(29-15)16(32)10-36-14-7-5-13(6-8-14)31(34)35/h1-8,33H,9-10H2/t17-/m0/s1. The number of halogens is 8. The van der Waals surface area contributed by atoms with Crippen LogP contribution in [0, 0.1) is 10.1 Å². The number of amides is 1. The molecule has 1 aliphatic heterocycles. The monoisotopic (exact) mass is 587 g/mol. The first kappa shape index (κ1) is 27.3. The molecule has 1 atom stereocenters. The predicted molar refractivity (Wildman–Crippen MR) is 112 cm³/mol. The number of rotatable bonds is 7. The Morgan fingerprint density at radius 3 is 2.14 bits per heavy atom. The smallest absolute Gasteiger partial charge is 0.460 e. The maximum absolute atomic E-state index is 14.7. The molecule has 0 aromatic heterocycles. The lowest BCUT2D eigenvalue weighted by Gasteiger charge is -2.41. The zero-order chi connectivity index (χ0) is 27.1. The van der Waals surface area contributed by atoms with Gasteiger partial charge in [-0.15, -0.1) is 0 Å². The molecule has 1 N–H and O–H groups in total. The minimum atomic E-state index is -6.78. The van der Waals surface area contributed by atoms with Crippen molar-refractivity contribution in [3.8, 4) is 5.75 Å². The van der Waals surface area contributed by atoms with Crippen molar-refractivity contribution in [2.45, 2.75) is 30.2 Å². The van der Waals surface area contributed by atoms with E-state index in [0.29, 0.717) is 4.47 Å². The predicted octanol–water partition coefficient (Wildman–Crippen LogP) is 4.89. The van der Waals surface area contributed by atoms with Crippen molar-refractivity contribution in [3.63, 3.8) is 0 Å². The Morgan fingerprint density at radius 2 is 1.64 bits per heavy atom. The Morgan fingerprint density at radius 1 is 1.08 bits per heavy atom. The third kappa shape index (κ3) is 4.74. The first-order valence-corrected chi connectivity index (χ1v) is 10.4. The topological polar surface area (TPSA) is 105 Å². The second kappa shape index (κ2) is 9.31. The number of carbonyl (C=O) groups is 1. The summed E-state index contributed by atoms with van der Waals surface area (Å²) >= 11 is 3.09. The van der Waals surface area contributed by atoms with Gasteiger partial charge in [0.05, 0.1) is 10.6 Å². The van der Waals surface area contributed by atoms with E-state index in [1.54, 1.807) is 0 Å². The van der Waals surface area contributed by atoms with E-state index in [4.69, 9.17) is 4.74 Å². The fraction of sp³-hybridized carbons (Fsp3) is 0.300. The Balaban J connectivity index is 1.97. The fourth-order valence-electron chi connectivity index (χ4n) is 3.16.